The van der Waals surface area contributed by atoms with Gasteiger partial charge in [0, 0.05) is 5.92 Å². The summed E-state index contributed by atoms with van der Waals surface area (Å²) >= 11 is 0. The Morgan fingerprint density at radius 3 is 2.82 bits per heavy atom. The van der Waals surface area contributed by atoms with Crippen LogP contribution in [0.15, 0.2) is 0 Å². The van der Waals surface area contributed by atoms with Gasteiger partial charge in [-0.3, -0.25) is 4.79 Å². The molecule has 1 aliphatic rings. The third kappa shape index (κ3) is 1.95. The molecule has 0 aromatic rings. The van der Waals surface area contributed by atoms with E-state index in [1.54, 1.807) is 0 Å². The molecule has 2 heteroatoms. The van der Waals surface area contributed by atoms with Gasteiger partial charge in [-0.15, -0.1) is 0 Å². The van der Waals surface area contributed by atoms with Crippen LogP contribution in [0, 0.1) is 11.8 Å². The van der Waals surface area contributed by atoms with Gasteiger partial charge in [0.25, 0.3) is 0 Å². The molecule has 0 radical (unpaired) electrons. The van der Waals surface area contributed by atoms with E-state index in [2.05, 4.69) is 6.92 Å². The summed E-state index contributed by atoms with van der Waals surface area (Å²) in [5.41, 5.74) is 0. The zero-order valence-electron chi connectivity index (χ0n) is 7.30. The highest BCUT2D eigenvalue weighted by molar-refractivity contribution is 5.74. The van der Waals surface area contributed by atoms with Crippen molar-refractivity contribution in [3.63, 3.8) is 0 Å². The molecule has 64 valence electrons. The molecular weight excluding hydrogens is 140 g/mol. The van der Waals surface area contributed by atoms with Gasteiger partial charge < -0.3 is 4.74 Å². The zero-order chi connectivity index (χ0) is 8.27. The van der Waals surface area contributed by atoms with Crippen molar-refractivity contribution in [2.24, 2.45) is 11.8 Å². The highest BCUT2D eigenvalue weighted by atomic mass is 16.5. The number of carbonyl (C=O) groups excluding carboxylic acids is 1. The molecule has 0 aromatic heterocycles. The molecule has 0 saturated carbocycles. The quantitative estimate of drug-likeness (QED) is 0.584. The van der Waals surface area contributed by atoms with Crippen molar-refractivity contribution in [1.29, 1.82) is 0 Å². The molecule has 2 nitrogen and oxygen atoms in total. The summed E-state index contributed by atoms with van der Waals surface area (Å²) in [6.45, 7) is 4.79. The molecule has 0 amide bonds. The second-order valence-electron chi connectivity index (χ2n) is 3.32. The average Bonchev–Trinajstić information content (AvgIpc) is 2.31. The van der Waals surface area contributed by atoms with Gasteiger partial charge in [-0.2, -0.15) is 0 Å². The maximum absolute atomic E-state index is 10.9. The van der Waals surface area contributed by atoms with Crippen LogP contribution in [0.5, 0.6) is 0 Å². The Balaban J connectivity index is 2.30. The molecule has 0 bridgehead atoms. The Hall–Kier alpha value is -0.530. The fourth-order valence-electron chi connectivity index (χ4n) is 1.46. The van der Waals surface area contributed by atoms with Crippen molar-refractivity contribution < 1.29 is 9.53 Å². The largest absolute Gasteiger partial charge is 0.465 e. The topological polar surface area (TPSA) is 26.3 Å². The zero-order valence-corrected chi connectivity index (χ0v) is 7.30. The first-order chi connectivity index (χ1) is 5.25. The van der Waals surface area contributed by atoms with Crippen molar-refractivity contribution in [3.8, 4) is 0 Å². The maximum Gasteiger partial charge on any atom is 0.309 e. The maximum atomic E-state index is 10.9. The molecule has 11 heavy (non-hydrogen) atoms. The number of carbonyl (C=O) groups is 1. The smallest absolute Gasteiger partial charge is 0.309 e. The van der Waals surface area contributed by atoms with E-state index < -0.39 is 0 Å². The molecule has 1 saturated heterocycles. The average molecular weight is 156 g/mol. The predicted octanol–water partition coefficient (Wildman–Crippen LogP) is 1.99. The van der Waals surface area contributed by atoms with Crippen molar-refractivity contribution in [1.82, 2.24) is 0 Å². The predicted molar refractivity (Wildman–Crippen MR) is 43.1 cm³/mol. The van der Waals surface area contributed by atoms with Gasteiger partial charge in [-0.25, -0.2) is 0 Å². The molecule has 0 aromatic carbocycles. The standard InChI is InChI=1S/C9H16O2/c1-3-4-5-8-6-11-9(10)7(8)2/h7-8H,3-6H2,1-2H3. The summed E-state index contributed by atoms with van der Waals surface area (Å²) < 4.78 is 4.94. The summed E-state index contributed by atoms with van der Waals surface area (Å²) in [6.07, 6.45) is 3.56. The SMILES string of the molecule is CCCCC1COC(=O)C1C. The van der Waals surface area contributed by atoms with E-state index in [4.69, 9.17) is 4.74 Å². The summed E-state index contributed by atoms with van der Waals surface area (Å²) in [7, 11) is 0. The lowest BCUT2D eigenvalue weighted by Gasteiger charge is -2.08. The normalized spacial score (nSPS) is 30.5. The molecular formula is C9H16O2. The van der Waals surface area contributed by atoms with Crippen LogP contribution >= 0.6 is 0 Å². The van der Waals surface area contributed by atoms with Gasteiger partial charge in [0.15, 0.2) is 0 Å². The molecule has 2 unspecified atom stereocenters. The minimum atomic E-state index is -0.00824. The van der Waals surface area contributed by atoms with E-state index in [-0.39, 0.29) is 11.9 Å². The van der Waals surface area contributed by atoms with Crippen LogP contribution in [0.25, 0.3) is 0 Å². The number of esters is 1. The molecule has 1 rings (SSSR count). The number of cyclic esters (lactones) is 1. The minimum absolute atomic E-state index is 0.00824. The molecule has 0 aliphatic carbocycles. The summed E-state index contributed by atoms with van der Waals surface area (Å²) in [5, 5.41) is 0. The second-order valence-corrected chi connectivity index (χ2v) is 3.32. The first kappa shape index (κ1) is 8.57. The van der Waals surface area contributed by atoms with Crippen molar-refractivity contribution in [2.45, 2.75) is 33.1 Å². The monoisotopic (exact) mass is 156 g/mol. The highest BCUT2D eigenvalue weighted by Gasteiger charge is 2.31. The second kappa shape index (κ2) is 3.74. The molecule has 1 aliphatic heterocycles. The lowest BCUT2D eigenvalue weighted by atomic mass is 9.92. The number of rotatable bonds is 3. The number of ether oxygens (including phenoxy) is 1. The van der Waals surface area contributed by atoms with Gasteiger partial charge in [-0.1, -0.05) is 26.7 Å². The third-order valence-corrected chi connectivity index (χ3v) is 2.45. The highest BCUT2D eigenvalue weighted by Crippen LogP contribution is 2.25. The molecule has 2 atom stereocenters. The minimum Gasteiger partial charge on any atom is -0.465 e. The van der Waals surface area contributed by atoms with Crippen LogP contribution in [0.3, 0.4) is 0 Å². The number of unbranched alkanes of at least 4 members (excludes halogenated alkanes) is 1. The van der Waals surface area contributed by atoms with Crippen LogP contribution in [-0.4, -0.2) is 12.6 Å². The Morgan fingerprint density at radius 2 is 2.36 bits per heavy atom. The number of hydrogen-bond donors (Lipinski definition) is 0. The Morgan fingerprint density at radius 1 is 1.64 bits per heavy atom. The lowest BCUT2D eigenvalue weighted by molar-refractivity contribution is -0.140. The van der Waals surface area contributed by atoms with Gasteiger partial charge in [0.1, 0.15) is 0 Å². The summed E-state index contributed by atoms with van der Waals surface area (Å²) in [5.74, 6) is 0.620. The van der Waals surface area contributed by atoms with Crippen molar-refractivity contribution in [2.75, 3.05) is 6.61 Å². The molecule has 1 heterocycles. The third-order valence-electron chi connectivity index (χ3n) is 2.45. The molecule has 0 N–H and O–H groups in total. The first-order valence-corrected chi connectivity index (χ1v) is 4.42. The Bertz CT molecular complexity index is 142. The van der Waals surface area contributed by atoms with Crippen LogP contribution in [-0.2, 0) is 9.53 Å². The summed E-state index contributed by atoms with van der Waals surface area (Å²) in [6, 6.07) is 0. The Labute approximate surface area is 67.9 Å². The van der Waals surface area contributed by atoms with Gasteiger partial charge in [0.2, 0.25) is 0 Å². The fourth-order valence-corrected chi connectivity index (χ4v) is 1.46. The number of hydrogen-bond acceptors (Lipinski definition) is 2. The molecule has 1 fully saturated rings. The van der Waals surface area contributed by atoms with Gasteiger partial charge >= 0.3 is 5.97 Å². The Kier molecular flexibility index (Phi) is 2.92. The van der Waals surface area contributed by atoms with E-state index in [1.807, 2.05) is 6.92 Å². The van der Waals surface area contributed by atoms with E-state index in [1.165, 1.54) is 12.8 Å². The van der Waals surface area contributed by atoms with Crippen molar-refractivity contribution >= 4 is 5.97 Å². The van der Waals surface area contributed by atoms with E-state index in [0.29, 0.717) is 12.5 Å². The lowest BCUT2D eigenvalue weighted by Crippen LogP contribution is -2.11. The van der Waals surface area contributed by atoms with Gasteiger partial charge in [0.05, 0.1) is 12.5 Å². The van der Waals surface area contributed by atoms with Crippen molar-refractivity contribution in [3.05, 3.63) is 0 Å². The summed E-state index contributed by atoms with van der Waals surface area (Å²) in [4.78, 5) is 10.9. The first-order valence-electron chi connectivity index (χ1n) is 4.42. The van der Waals surface area contributed by atoms with Gasteiger partial charge in [-0.05, 0) is 6.42 Å². The van der Waals surface area contributed by atoms with E-state index in [9.17, 15) is 4.79 Å². The molecule has 0 spiro atoms. The van der Waals surface area contributed by atoms with Crippen LogP contribution in [0.4, 0.5) is 0 Å². The van der Waals surface area contributed by atoms with E-state index >= 15 is 0 Å². The van der Waals surface area contributed by atoms with Crippen LogP contribution in [0.2, 0.25) is 0 Å². The van der Waals surface area contributed by atoms with Crippen LogP contribution in [0.1, 0.15) is 33.1 Å². The van der Waals surface area contributed by atoms with E-state index in [0.717, 1.165) is 6.42 Å². The van der Waals surface area contributed by atoms with Crippen LogP contribution < -0.4 is 0 Å². The fraction of sp³-hybridized carbons (Fsp3) is 0.889.